The summed E-state index contributed by atoms with van der Waals surface area (Å²) in [6, 6.07) is 1.82. The van der Waals surface area contributed by atoms with Gasteiger partial charge in [0.1, 0.15) is 12.1 Å². The second-order valence-corrected chi connectivity index (χ2v) is 5.42. The third-order valence-corrected chi connectivity index (χ3v) is 3.60. The highest BCUT2D eigenvalue weighted by Crippen LogP contribution is 2.03. The van der Waals surface area contributed by atoms with Crippen LogP contribution in [0.25, 0.3) is 0 Å². The number of sulfonamides is 1. The first-order chi connectivity index (χ1) is 8.07. The van der Waals surface area contributed by atoms with Gasteiger partial charge in [-0.05, 0) is 6.42 Å². The summed E-state index contributed by atoms with van der Waals surface area (Å²) in [5, 5.41) is 2.96. The molecule has 0 saturated carbocycles. The highest BCUT2D eigenvalue weighted by atomic mass is 32.2. The van der Waals surface area contributed by atoms with E-state index in [0.29, 0.717) is 18.9 Å². The van der Waals surface area contributed by atoms with Crippen molar-refractivity contribution in [1.82, 2.24) is 14.7 Å². The first kappa shape index (κ1) is 13.9. The third kappa shape index (κ3) is 5.10. The van der Waals surface area contributed by atoms with Gasteiger partial charge < -0.3 is 5.32 Å². The summed E-state index contributed by atoms with van der Waals surface area (Å²) in [6.45, 7) is 4.50. The zero-order valence-corrected chi connectivity index (χ0v) is 10.9. The maximum Gasteiger partial charge on any atom is 0.213 e. The van der Waals surface area contributed by atoms with E-state index in [0.717, 1.165) is 12.1 Å². The fourth-order valence-corrected chi connectivity index (χ4v) is 2.25. The average Bonchev–Trinajstić information content (AvgIpc) is 2.29. The molecule has 96 valence electrons. The van der Waals surface area contributed by atoms with Crippen LogP contribution in [-0.4, -0.2) is 37.2 Å². The molecule has 0 aromatic carbocycles. The molecule has 1 heterocycles. The Kier molecular flexibility index (Phi) is 5.30. The van der Waals surface area contributed by atoms with E-state index >= 15 is 0 Å². The molecule has 0 bridgehead atoms. The van der Waals surface area contributed by atoms with Crippen molar-refractivity contribution in [2.75, 3.05) is 24.2 Å². The SMILES string of the molecule is CCNS(=O)(=O)CCNc1cc(CC)ncn1. The minimum absolute atomic E-state index is 0.0340. The number of anilines is 1. The lowest BCUT2D eigenvalue weighted by Gasteiger charge is -2.07. The number of hydrogen-bond donors (Lipinski definition) is 2. The lowest BCUT2D eigenvalue weighted by Crippen LogP contribution is -2.29. The van der Waals surface area contributed by atoms with Gasteiger partial charge >= 0.3 is 0 Å². The maximum absolute atomic E-state index is 11.4. The Morgan fingerprint density at radius 1 is 1.29 bits per heavy atom. The lowest BCUT2D eigenvalue weighted by atomic mass is 10.3. The standard InChI is InChI=1S/C10H18N4O2S/c1-3-9-7-10(13-8-12-9)11-5-6-17(15,16)14-4-2/h7-8,14H,3-6H2,1-2H3,(H,11,12,13). The fraction of sp³-hybridized carbons (Fsp3) is 0.600. The number of hydrogen-bond acceptors (Lipinski definition) is 5. The van der Waals surface area contributed by atoms with Gasteiger partial charge in [0.25, 0.3) is 0 Å². The van der Waals surface area contributed by atoms with Crippen LogP contribution in [0.2, 0.25) is 0 Å². The molecule has 1 rings (SSSR count). The smallest absolute Gasteiger partial charge is 0.213 e. The Morgan fingerprint density at radius 2 is 2.06 bits per heavy atom. The van der Waals surface area contributed by atoms with Gasteiger partial charge in [-0.15, -0.1) is 0 Å². The van der Waals surface area contributed by atoms with Crippen molar-refractivity contribution in [1.29, 1.82) is 0 Å². The van der Waals surface area contributed by atoms with Crippen LogP contribution >= 0.6 is 0 Å². The minimum Gasteiger partial charge on any atom is -0.369 e. The fourth-order valence-electron chi connectivity index (χ4n) is 1.29. The molecule has 0 spiro atoms. The van der Waals surface area contributed by atoms with Crippen molar-refractivity contribution in [3.05, 3.63) is 18.1 Å². The lowest BCUT2D eigenvalue weighted by molar-refractivity contribution is 0.584. The van der Waals surface area contributed by atoms with E-state index in [-0.39, 0.29) is 5.75 Å². The van der Waals surface area contributed by atoms with Crippen molar-refractivity contribution < 1.29 is 8.42 Å². The molecule has 0 amide bonds. The van der Waals surface area contributed by atoms with Crippen molar-refractivity contribution in [3.63, 3.8) is 0 Å². The molecule has 17 heavy (non-hydrogen) atoms. The van der Waals surface area contributed by atoms with Crippen LogP contribution in [0.5, 0.6) is 0 Å². The van der Waals surface area contributed by atoms with E-state index in [1.807, 2.05) is 13.0 Å². The van der Waals surface area contributed by atoms with Crippen molar-refractivity contribution >= 4 is 15.8 Å². The van der Waals surface area contributed by atoms with Gasteiger partial charge in [0.05, 0.1) is 5.75 Å². The van der Waals surface area contributed by atoms with Crippen molar-refractivity contribution in [2.45, 2.75) is 20.3 Å². The molecule has 0 aliphatic rings. The van der Waals surface area contributed by atoms with Gasteiger partial charge in [0, 0.05) is 24.8 Å². The molecule has 1 aromatic rings. The molecule has 0 aliphatic carbocycles. The monoisotopic (exact) mass is 258 g/mol. The molecule has 0 radical (unpaired) electrons. The largest absolute Gasteiger partial charge is 0.369 e. The third-order valence-electron chi connectivity index (χ3n) is 2.13. The van der Waals surface area contributed by atoms with Crippen LogP contribution in [0.1, 0.15) is 19.5 Å². The van der Waals surface area contributed by atoms with Crippen LogP contribution in [-0.2, 0) is 16.4 Å². The molecule has 1 aromatic heterocycles. The number of nitrogens with one attached hydrogen (secondary N) is 2. The van der Waals surface area contributed by atoms with Crippen LogP contribution in [0.4, 0.5) is 5.82 Å². The number of aromatic nitrogens is 2. The summed E-state index contributed by atoms with van der Waals surface area (Å²) in [5.74, 6) is 0.690. The van der Waals surface area contributed by atoms with Crippen molar-refractivity contribution in [3.8, 4) is 0 Å². The Balaban J connectivity index is 2.45. The first-order valence-corrected chi connectivity index (χ1v) is 7.24. The average molecular weight is 258 g/mol. The minimum atomic E-state index is -3.17. The number of aryl methyl sites for hydroxylation is 1. The molecule has 6 nitrogen and oxygen atoms in total. The van der Waals surface area contributed by atoms with Gasteiger partial charge in [-0.1, -0.05) is 13.8 Å². The van der Waals surface area contributed by atoms with Gasteiger partial charge in [0.15, 0.2) is 0 Å². The number of nitrogens with zero attached hydrogens (tertiary/aromatic N) is 2. The van der Waals surface area contributed by atoms with E-state index in [1.165, 1.54) is 6.33 Å². The van der Waals surface area contributed by atoms with E-state index < -0.39 is 10.0 Å². The summed E-state index contributed by atoms with van der Waals surface area (Å²) in [7, 11) is -3.17. The molecule has 7 heteroatoms. The Hall–Kier alpha value is -1.21. The summed E-state index contributed by atoms with van der Waals surface area (Å²) < 4.78 is 25.2. The van der Waals surface area contributed by atoms with E-state index in [2.05, 4.69) is 20.0 Å². The second kappa shape index (κ2) is 6.51. The predicted molar refractivity (Wildman–Crippen MR) is 67.4 cm³/mol. The van der Waals surface area contributed by atoms with Crippen LogP contribution in [0.15, 0.2) is 12.4 Å². The summed E-state index contributed by atoms with van der Waals surface area (Å²) in [6.07, 6.45) is 2.30. The summed E-state index contributed by atoms with van der Waals surface area (Å²) >= 11 is 0. The Bertz CT molecular complexity index is 447. The van der Waals surface area contributed by atoms with Crippen molar-refractivity contribution in [2.24, 2.45) is 0 Å². The van der Waals surface area contributed by atoms with Crippen LogP contribution in [0, 0.1) is 0 Å². The van der Waals surface area contributed by atoms with Crippen LogP contribution in [0.3, 0.4) is 0 Å². The highest BCUT2D eigenvalue weighted by molar-refractivity contribution is 7.89. The molecule has 0 aliphatic heterocycles. The molecule has 0 fully saturated rings. The zero-order chi connectivity index (χ0) is 12.7. The molecular weight excluding hydrogens is 240 g/mol. The Labute approximate surface area is 102 Å². The normalized spacial score (nSPS) is 11.4. The number of rotatable bonds is 7. The molecule has 2 N–H and O–H groups in total. The maximum atomic E-state index is 11.4. The van der Waals surface area contributed by atoms with Gasteiger partial charge in [-0.2, -0.15) is 0 Å². The molecular formula is C10H18N4O2S. The molecule has 0 atom stereocenters. The summed E-state index contributed by atoms with van der Waals surface area (Å²) in [4.78, 5) is 8.08. The van der Waals surface area contributed by atoms with E-state index in [4.69, 9.17) is 0 Å². The highest BCUT2D eigenvalue weighted by Gasteiger charge is 2.07. The summed E-state index contributed by atoms with van der Waals surface area (Å²) in [5.41, 5.74) is 0.928. The van der Waals surface area contributed by atoms with E-state index in [9.17, 15) is 8.42 Å². The first-order valence-electron chi connectivity index (χ1n) is 5.59. The van der Waals surface area contributed by atoms with E-state index in [1.54, 1.807) is 6.92 Å². The predicted octanol–water partition coefficient (Wildman–Crippen LogP) is 0.390. The van der Waals surface area contributed by atoms with Gasteiger partial charge in [-0.3, -0.25) is 0 Å². The second-order valence-electron chi connectivity index (χ2n) is 3.49. The molecule has 0 saturated heterocycles. The van der Waals surface area contributed by atoms with Crippen LogP contribution < -0.4 is 10.0 Å². The van der Waals surface area contributed by atoms with Gasteiger partial charge in [0.2, 0.25) is 10.0 Å². The zero-order valence-electron chi connectivity index (χ0n) is 10.1. The molecule has 0 unspecified atom stereocenters. The Morgan fingerprint density at radius 3 is 2.71 bits per heavy atom. The topological polar surface area (TPSA) is 84.0 Å². The quantitative estimate of drug-likeness (QED) is 0.739. The van der Waals surface area contributed by atoms with Gasteiger partial charge in [-0.25, -0.2) is 23.1 Å².